The predicted molar refractivity (Wildman–Crippen MR) is 72.6 cm³/mol. The molecule has 1 aliphatic rings. The van der Waals surface area contributed by atoms with E-state index in [-0.39, 0.29) is 0 Å². The Hall–Kier alpha value is -1.74. The van der Waals surface area contributed by atoms with Gasteiger partial charge in [0.2, 0.25) is 0 Å². The van der Waals surface area contributed by atoms with E-state index in [4.69, 9.17) is 4.98 Å². The van der Waals surface area contributed by atoms with E-state index in [0.29, 0.717) is 5.92 Å². The third kappa shape index (κ3) is 2.02. The van der Waals surface area contributed by atoms with Gasteiger partial charge in [0.1, 0.15) is 5.82 Å². The van der Waals surface area contributed by atoms with Crippen LogP contribution in [0.25, 0.3) is 11.3 Å². The van der Waals surface area contributed by atoms with Crippen LogP contribution in [0.4, 0.5) is 0 Å². The Labute approximate surface area is 107 Å². The van der Waals surface area contributed by atoms with Crippen LogP contribution in [-0.4, -0.2) is 23.1 Å². The van der Waals surface area contributed by atoms with Gasteiger partial charge in [-0.05, 0) is 25.5 Å². The summed E-state index contributed by atoms with van der Waals surface area (Å²) in [4.78, 5) is 9.30. The summed E-state index contributed by atoms with van der Waals surface area (Å²) in [7, 11) is 0. The molecule has 1 aromatic heterocycles. The first-order valence-electron chi connectivity index (χ1n) is 6.36. The van der Waals surface area contributed by atoms with E-state index in [1.165, 1.54) is 11.1 Å². The molecular formula is C15H17N3. The molecule has 0 atom stereocenters. The van der Waals surface area contributed by atoms with Gasteiger partial charge in [0.25, 0.3) is 0 Å². The summed E-state index contributed by atoms with van der Waals surface area (Å²) >= 11 is 0. The summed E-state index contributed by atoms with van der Waals surface area (Å²) in [5.41, 5.74) is 4.55. The number of nitrogens with one attached hydrogen (secondary N) is 1. The molecule has 0 aliphatic carbocycles. The molecule has 0 radical (unpaired) electrons. The molecule has 3 heteroatoms. The van der Waals surface area contributed by atoms with Crippen LogP contribution in [-0.2, 0) is 0 Å². The first-order valence-corrected chi connectivity index (χ1v) is 6.36. The molecule has 1 N–H and O–H groups in total. The summed E-state index contributed by atoms with van der Waals surface area (Å²) < 4.78 is 0. The van der Waals surface area contributed by atoms with Gasteiger partial charge in [0, 0.05) is 30.3 Å². The van der Waals surface area contributed by atoms with Gasteiger partial charge in [0.15, 0.2) is 0 Å². The molecule has 0 saturated carbocycles. The Bertz CT molecular complexity index is 574. The number of hydrogen-bond acceptors (Lipinski definition) is 3. The molecule has 3 rings (SSSR count). The molecule has 0 unspecified atom stereocenters. The second kappa shape index (κ2) is 4.50. The van der Waals surface area contributed by atoms with Crippen LogP contribution in [0.15, 0.2) is 30.3 Å². The zero-order chi connectivity index (χ0) is 12.5. The summed E-state index contributed by atoms with van der Waals surface area (Å²) in [6.07, 6.45) is 0. The molecule has 0 amide bonds. The summed E-state index contributed by atoms with van der Waals surface area (Å²) in [5, 5.41) is 3.27. The van der Waals surface area contributed by atoms with E-state index < -0.39 is 0 Å². The van der Waals surface area contributed by atoms with Gasteiger partial charge in [-0.25, -0.2) is 9.97 Å². The Morgan fingerprint density at radius 2 is 1.89 bits per heavy atom. The average molecular weight is 239 g/mol. The minimum atomic E-state index is 0.479. The fourth-order valence-corrected chi connectivity index (χ4v) is 2.24. The lowest BCUT2D eigenvalue weighted by atomic mass is 10.0. The molecule has 1 saturated heterocycles. The van der Waals surface area contributed by atoms with Crippen LogP contribution in [0.3, 0.4) is 0 Å². The maximum Gasteiger partial charge on any atom is 0.134 e. The van der Waals surface area contributed by atoms with Crippen LogP contribution in [0.1, 0.15) is 23.0 Å². The van der Waals surface area contributed by atoms with Gasteiger partial charge in [0.05, 0.1) is 5.69 Å². The Kier molecular flexibility index (Phi) is 2.84. The van der Waals surface area contributed by atoms with Crippen molar-refractivity contribution in [3.63, 3.8) is 0 Å². The van der Waals surface area contributed by atoms with Crippen molar-refractivity contribution in [3.8, 4) is 11.3 Å². The number of aromatic nitrogens is 2. The van der Waals surface area contributed by atoms with Crippen molar-refractivity contribution in [2.45, 2.75) is 19.8 Å². The van der Waals surface area contributed by atoms with Gasteiger partial charge in [-0.2, -0.15) is 0 Å². The number of nitrogens with zero attached hydrogens (tertiary/aromatic N) is 2. The van der Waals surface area contributed by atoms with E-state index >= 15 is 0 Å². The van der Waals surface area contributed by atoms with E-state index in [2.05, 4.69) is 47.6 Å². The Balaban J connectivity index is 2.06. The maximum absolute atomic E-state index is 4.74. The monoisotopic (exact) mass is 239 g/mol. The first kappa shape index (κ1) is 11.4. The van der Waals surface area contributed by atoms with Crippen molar-refractivity contribution >= 4 is 0 Å². The lowest BCUT2D eigenvalue weighted by molar-refractivity contribution is 0.429. The van der Waals surface area contributed by atoms with E-state index in [9.17, 15) is 0 Å². The van der Waals surface area contributed by atoms with E-state index in [1.807, 2.05) is 6.92 Å². The number of hydrogen-bond donors (Lipinski definition) is 1. The average Bonchev–Trinajstić information content (AvgIpc) is 2.26. The molecule has 18 heavy (non-hydrogen) atoms. The second-order valence-electron chi connectivity index (χ2n) is 4.92. The smallest absolute Gasteiger partial charge is 0.134 e. The number of rotatable bonds is 2. The second-order valence-corrected chi connectivity index (χ2v) is 4.92. The Morgan fingerprint density at radius 1 is 1.11 bits per heavy atom. The molecule has 2 aromatic rings. The molecular weight excluding hydrogens is 222 g/mol. The lowest BCUT2D eigenvalue weighted by Crippen LogP contribution is -2.41. The number of aryl methyl sites for hydroxylation is 2. The maximum atomic E-state index is 4.74. The standard InChI is InChI=1S/C15H17N3/c1-10-5-3-4-6-13(10)14-7-11(2)17-15(18-14)12-8-16-9-12/h3-7,12,16H,8-9H2,1-2H3. The topological polar surface area (TPSA) is 37.8 Å². The van der Waals surface area contributed by atoms with Crippen molar-refractivity contribution < 1.29 is 0 Å². The zero-order valence-corrected chi connectivity index (χ0v) is 10.8. The third-order valence-corrected chi connectivity index (χ3v) is 3.44. The highest BCUT2D eigenvalue weighted by Crippen LogP contribution is 2.24. The number of benzene rings is 1. The van der Waals surface area contributed by atoms with Crippen molar-refractivity contribution in [1.82, 2.24) is 15.3 Å². The molecule has 0 bridgehead atoms. The van der Waals surface area contributed by atoms with Crippen molar-refractivity contribution in [3.05, 3.63) is 47.4 Å². The van der Waals surface area contributed by atoms with Crippen molar-refractivity contribution in [1.29, 1.82) is 0 Å². The van der Waals surface area contributed by atoms with E-state index in [1.54, 1.807) is 0 Å². The quantitative estimate of drug-likeness (QED) is 0.874. The highest BCUT2D eigenvalue weighted by atomic mass is 15.0. The minimum absolute atomic E-state index is 0.479. The van der Waals surface area contributed by atoms with Crippen LogP contribution in [0, 0.1) is 13.8 Å². The molecule has 1 aliphatic heterocycles. The fraction of sp³-hybridized carbons (Fsp3) is 0.333. The molecule has 1 aromatic carbocycles. The van der Waals surface area contributed by atoms with E-state index in [0.717, 1.165) is 30.3 Å². The van der Waals surface area contributed by atoms with Crippen molar-refractivity contribution in [2.24, 2.45) is 0 Å². The Morgan fingerprint density at radius 3 is 2.56 bits per heavy atom. The van der Waals surface area contributed by atoms with Gasteiger partial charge >= 0.3 is 0 Å². The van der Waals surface area contributed by atoms with Gasteiger partial charge < -0.3 is 5.32 Å². The zero-order valence-electron chi connectivity index (χ0n) is 10.8. The van der Waals surface area contributed by atoms with Crippen molar-refractivity contribution in [2.75, 3.05) is 13.1 Å². The van der Waals surface area contributed by atoms with Crippen LogP contribution in [0.5, 0.6) is 0 Å². The molecule has 3 nitrogen and oxygen atoms in total. The molecule has 1 fully saturated rings. The normalized spacial score (nSPS) is 15.4. The highest BCUT2D eigenvalue weighted by Gasteiger charge is 2.22. The minimum Gasteiger partial charge on any atom is -0.315 e. The predicted octanol–water partition coefficient (Wildman–Crippen LogP) is 2.45. The third-order valence-electron chi connectivity index (χ3n) is 3.44. The fourth-order valence-electron chi connectivity index (χ4n) is 2.24. The van der Waals surface area contributed by atoms with Crippen LogP contribution < -0.4 is 5.32 Å². The SMILES string of the molecule is Cc1cc(-c2ccccc2C)nc(C2CNC2)n1. The largest absolute Gasteiger partial charge is 0.315 e. The van der Waals surface area contributed by atoms with Gasteiger partial charge in [-0.3, -0.25) is 0 Å². The molecule has 2 heterocycles. The van der Waals surface area contributed by atoms with Crippen LogP contribution >= 0.6 is 0 Å². The molecule has 92 valence electrons. The van der Waals surface area contributed by atoms with Gasteiger partial charge in [-0.15, -0.1) is 0 Å². The van der Waals surface area contributed by atoms with Gasteiger partial charge in [-0.1, -0.05) is 24.3 Å². The highest BCUT2D eigenvalue weighted by molar-refractivity contribution is 5.63. The summed E-state index contributed by atoms with van der Waals surface area (Å²) in [6.45, 7) is 6.16. The van der Waals surface area contributed by atoms with Crippen LogP contribution in [0.2, 0.25) is 0 Å². The molecule has 0 spiro atoms. The summed E-state index contributed by atoms with van der Waals surface area (Å²) in [5.74, 6) is 1.46. The summed E-state index contributed by atoms with van der Waals surface area (Å²) in [6, 6.07) is 10.4. The lowest BCUT2D eigenvalue weighted by Gasteiger charge is -2.26. The first-order chi connectivity index (χ1) is 8.74.